The number of hydrogen-bond donors (Lipinski definition) is 0. The van der Waals surface area contributed by atoms with Crippen molar-refractivity contribution in [3.63, 3.8) is 0 Å². The van der Waals surface area contributed by atoms with E-state index in [0.717, 1.165) is 19.3 Å². The van der Waals surface area contributed by atoms with Crippen LogP contribution in [0.15, 0.2) is 54.6 Å². The minimum Gasteiger partial charge on any atom is -0.421 e. The van der Waals surface area contributed by atoms with Crippen molar-refractivity contribution in [3.05, 3.63) is 60.2 Å². The molecule has 0 spiro atoms. The van der Waals surface area contributed by atoms with Crippen LogP contribution < -0.4 is 9.64 Å². The van der Waals surface area contributed by atoms with E-state index < -0.39 is 5.97 Å². The average Bonchev–Trinajstić information content (AvgIpc) is 3.37. The molecule has 136 valence electrons. The lowest BCUT2D eigenvalue weighted by Gasteiger charge is -2.20. The van der Waals surface area contributed by atoms with Crippen LogP contribution in [0, 0.1) is 23.7 Å². The van der Waals surface area contributed by atoms with E-state index in [1.807, 2.05) is 6.07 Å². The highest BCUT2D eigenvalue weighted by molar-refractivity contribution is 6.23. The number of carbonyl (C=O) groups excluding carboxylic acids is 3. The third kappa shape index (κ3) is 2.41. The Morgan fingerprint density at radius 2 is 1.44 bits per heavy atom. The van der Waals surface area contributed by atoms with Gasteiger partial charge in [0.15, 0.2) is 5.75 Å². The minimum absolute atomic E-state index is 0.139. The summed E-state index contributed by atoms with van der Waals surface area (Å²) < 4.78 is 5.55. The third-order valence-electron chi connectivity index (χ3n) is 6.25. The number of anilines is 1. The summed E-state index contributed by atoms with van der Waals surface area (Å²) in [6.45, 7) is 0. The number of ether oxygens (including phenoxy) is 1. The van der Waals surface area contributed by atoms with Crippen LogP contribution in [0.5, 0.6) is 5.75 Å². The highest BCUT2D eigenvalue weighted by atomic mass is 16.5. The van der Waals surface area contributed by atoms with Crippen LogP contribution in [0.4, 0.5) is 5.69 Å². The summed E-state index contributed by atoms with van der Waals surface area (Å²) in [5, 5.41) is 0. The van der Waals surface area contributed by atoms with E-state index in [9.17, 15) is 14.4 Å². The Morgan fingerprint density at radius 1 is 0.852 bits per heavy atom. The first-order valence-corrected chi connectivity index (χ1v) is 9.39. The molecule has 3 aliphatic rings. The first kappa shape index (κ1) is 16.2. The van der Waals surface area contributed by atoms with Gasteiger partial charge in [-0.05, 0) is 55.4 Å². The van der Waals surface area contributed by atoms with Crippen molar-refractivity contribution in [2.75, 3.05) is 4.90 Å². The highest BCUT2D eigenvalue weighted by Gasteiger charge is 2.61. The Hall–Kier alpha value is -2.95. The third-order valence-corrected chi connectivity index (χ3v) is 6.25. The molecular formula is C22H19NO4. The summed E-state index contributed by atoms with van der Waals surface area (Å²) >= 11 is 0. The number of nitrogens with zero attached hydrogens (tertiary/aromatic N) is 1. The lowest BCUT2D eigenvalue weighted by atomic mass is 9.81. The Kier molecular flexibility index (Phi) is 3.64. The molecule has 27 heavy (non-hydrogen) atoms. The van der Waals surface area contributed by atoms with Gasteiger partial charge in [0.2, 0.25) is 11.8 Å². The zero-order valence-electron chi connectivity index (χ0n) is 14.7. The van der Waals surface area contributed by atoms with Crippen LogP contribution in [-0.2, 0) is 9.59 Å². The average molecular weight is 361 g/mol. The molecule has 2 bridgehead atoms. The number of esters is 1. The molecule has 0 aromatic heterocycles. The van der Waals surface area contributed by atoms with Gasteiger partial charge in [0.25, 0.3) is 0 Å². The normalized spacial score (nSPS) is 28.5. The summed E-state index contributed by atoms with van der Waals surface area (Å²) in [7, 11) is 0. The van der Waals surface area contributed by atoms with Crippen LogP contribution in [0.1, 0.15) is 29.6 Å². The zero-order chi connectivity index (χ0) is 18.5. The van der Waals surface area contributed by atoms with Gasteiger partial charge in [-0.3, -0.25) is 9.59 Å². The molecule has 4 unspecified atom stereocenters. The van der Waals surface area contributed by atoms with Crippen LogP contribution in [-0.4, -0.2) is 17.8 Å². The monoisotopic (exact) mass is 361 g/mol. The lowest BCUT2D eigenvalue weighted by Crippen LogP contribution is -2.33. The quantitative estimate of drug-likeness (QED) is 0.477. The van der Waals surface area contributed by atoms with Crippen molar-refractivity contribution < 1.29 is 19.1 Å². The highest BCUT2D eigenvalue weighted by Crippen LogP contribution is 2.57. The van der Waals surface area contributed by atoms with Gasteiger partial charge in [-0.25, -0.2) is 9.69 Å². The Labute approximate surface area is 156 Å². The predicted molar refractivity (Wildman–Crippen MR) is 98.1 cm³/mol. The van der Waals surface area contributed by atoms with Crippen molar-refractivity contribution in [1.29, 1.82) is 0 Å². The number of carbonyl (C=O) groups is 3. The maximum atomic E-state index is 13.1. The van der Waals surface area contributed by atoms with E-state index in [-0.39, 0.29) is 29.4 Å². The van der Waals surface area contributed by atoms with E-state index in [0.29, 0.717) is 23.1 Å². The second kappa shape index (κ2) is 6.05. The molecule has 2 aromatic carbocycles. The van der Waals surface area contributed by atoms with Crippen LogP contribution in [0.25, 0.3) is 0 Å². The molecule has 2 aliphatic carbocycles. The molecule has 4 atom stereocenters. The number of para-hydroxylation sites is 2. The molecule has 1 heterocycles. The van der Waals surface area contributed by atoms with E-state index in [1.54, 1.807) is 48.5 Å². The first-order valence-electron chi connectivity index (χ1n) is 9.39. The molecule has 3 fully saturated rings. The summed E-state index contributed by atoms with van der Waals surface area (Å²) in [6.07, 6.45) is 3.05. The summed E-state index contributed by atoms with van der Waals surface area (Å²) in [6, 6.07) is 15.4. The summed E-state index contributed by atoms with van der Waals surface area (Å²) in [5.74, 6) is -0.312. The summed E-state index contributed by atoms with van der Waals surface area (Å²) in [5.41, 5.74) is 0.784. The second-order valence-corrected chi connectivity index (χ2v) is 7.62. The van der Waals surface area contributed by atoms with E-state index in [4.69, 9.17) is 4.74 Å². The standard InChI is InChI=1S/C22H19NO4/c24-20-18-14-10-11-15(12-14)19(18)21(25)23(20)16-8-4-5-9-17(16)27-22(26)13-6-2-1-3-7-13/h1-9,14-15,18-19H,10-12H2. The van der Waals surface area contributed by atoms with Crippen molar-refractivity contribution in [2.45, 2.75) is 19.3 Å². The topological polar surface area (TPSA) is 63.7 Å². The molecule has 0 radical (unpaired) electrons. The molecule has 1 aliphatic heterocycles. The van der Waals surface area contributed by atoms with Gasteiger partial charge < -0.3 is 4.74 Å². The molecule has 5 heteroatoms. The SMILES string of the molecule is O=C(Oc1ccccc1N1C(=O)C2C3CCC(C3)C2C1=O)c1ccccc1. The van der Waals surface area contributed by atoms with Gasteiger partial charge in [0, 0.05) is 0 Å². The molecule has 2 amide bonds. The van der Waals surface area contributed by atoms with Gasteiger partial charge in [0.05, 0.1) is 23.1 Å². The number of fused-ring (bicyclic) bond motifs is 5. The maximum Gasteiger partial charge on any atom is 0.343 e. The fraction of sp³-hybridized carbons (Fsp3) is 0.318. The van der Waals surface area contributed by atoms with Crippen LogP contribution in [0.3, 0.4) is 0 Å². The maximum absolute atomic E-state index is 13.1. The zero-order valence-corrected chi connectivity index (χ0v) is 14.7. The van der Waals surface area contributed by atoms with Gasteiger partial charge in [-0.15, -0.1) is 0 Å². The van der Waals surface area contributed by atoms with Crippen molar-refractivity contribution in [1.82, 2.24) is 0 Å². The van der Waals surface area contributed by atoms with Crippen LogP contribution >= 0.6 is 0 Å². The fourth-order valence-corrected chi connectivity index (χ4v) is 5.11. The molecule has 5 rings (SSSR count). The lowest BCUT2D eigenvalue weighted by molar-refractivity contribution is -0.123. The predicted octanol–water partition coefficient (Wildman–Crippen LogP) is 3.44. The number of benzene rings is 2. The smallest absolute Gasteiger partial charge is 0.343 e. The summed E-state index contributed by atoms with van der Waals surface area (Å²) in [4.78, 5) is 39.8. The Morgan fingerprint density at radius 3 is 2.11 bits per heavy atom. The number of imide groups is 1. The Bertz CT molecular complexity index is 910. The molecule has 2 saturated carbocycles. The largest absolute Gasteiger partial charge is 0.421 e. The first-order chi connectivity index (χ1) is 13.1. The van der Waals surface area contributed by atoms with Crippen molar-refractivity contribution >= 4 is 23.5 Å². The number of hydrogen-bond acceptors (Lipinski definition) is 4. The van der Waals surface area contributed by atoms with E-state index in [1.165, 1.54) is 4.90 Å². The van der Waals surface area contributed by atoms with Gasteiger partial charge in [-0.2, -0.15) is 0 Å². The fourth-order valence-electron chi connectivity index (χ4n) is 5.11. The van der Waals surface area contributed by atoms with Gasteiger partial charge in [0.1, 0.15) is 0 Å². The second-order valence-electron chi connectivity index (χ2n) is 7.62. The van der Waals surface area contributed by atoms with Crippen molar-refractivity contribution in [2.24, 2.45) is 23.7 Å². The molecule has 2 aromatic rings. The van der Waals surface area contributed by atoms with Gasteiger partial charge >= 0.3 is 5.97 Å². The Balaban J connectivity index is 1.47. The van der Waals surface area contributed by atoms with Gasteiger partial charge in [-0.1, -0.05) is 30.3 Å². The van der Waals surface area contributed by atoms with Crippen LogP contribution in [0.2, 0.25) is 0 Å². The molecule has 1 saturated heterocycles. The van der Waals surface area contributed by atoms with E-state index >= 15 is 0 Å². The molecule has 0 N–H and O–H groups in total. The molecule has 5 nitrogen and oxygen atoms in total. The number of rotatable bonds is 3. The molecular weight excluding hydrogens is 342 g/mol. The van der Waals surface area contributed by atoms with E-state index in [2.05, 4.69) is 0 Å². The van der Waals surface area contributed by atoms with Crippen molar-refractivity contribution in [3.8, 4) is 5.75 Å². The number of amides is 2. The minimum atomic E-state index is -0.512.